The maximum absolute atomic E-state index is 13.1. The molecule has 158 valence electrons. The molecule has 0 fully saturated rings. The Bertz CT molecular complexity index is 1150. The van der Waals surface area contributed by atoms with Gasteiger partial charge in [-0.3, -0.25) is 9.36 Å². The van der Waals surface area contributed by atoms with Crippen LogP contribution in [-0.2, 0) is 16.0 Å². The highest BCUT2D eigenvalue weighted by atomic mass is 32.1. The summed E-state index contributed by atoms with van der Waals surface area (Å²) in [5, 5.41) is 0.414. The fourth-order valence-electron chi connectivity index (χ4n) is 3.01. The fraction of sp³-hybridized carbons (Fsp3) is 0.364. The van der Waals surface area contributed by atoms with Gasteiger partial charge in [-0.2, -0.15) is 0 Å². The third-order valence-electron chi connectivity index (χ3n) is 4.40. The minimum atomic E-state index is -0.449. The van der Waals surface area contributed by atoms with E-state index in [0.717, 1.165) is 23.3 Å². The third kappa shape index (κ3) is 4.59. The summed E-state index contributed by atoms with van der Waals surface area (Å²) in [6.45, 7) is 7.82. The molecule has 0 radical (unpaired) electrons. The summed E-state index contributed by atoms with van der Waals surface area (Å²) in [5.74, 6) is -0.837. The number of fused-ring (bicyclic) bond motifs is 1. The molecule has 3 rings (SSSR count). The van der Waals surface area contributed by atoms with Crippen LogP contribution in [0.15, 0.2) is 35.4 Å². The Balaban J connectivity index is 1.92. The second kappa shape index (κ2) is 9.21. The van der Waals surface area contributed by atoms with Crippen molar-refractivity contribution in [2.24, 2.45) is 0 Å². The zero-order valence-electron chi connectivity index (χ0n) is 17.4. The van der Waals surface area contributed by atoms with Crippen LogP contribution in [0.4, 0.5) is 0 Å². The average Bonchev–Trinajstić information content (AvgIpc) is 3.05. The Hall–Kier alpha value is -3.00. The van der Waals surface area contributed by atoms with Gasteiger partial charge in [0, 0.05) is 0 Å². The molecule has 0 spiro atoms. The maximum Gasteiger partial charge on any atom is 0.348 e. The summed E-state index contributed by atoms with van der Waals surface area (Å²) >= 11 is 1.16. The lowest BCUT2D eigenvalue weighted by Gasteiger charge is -2.08. The SMILES string of the molecule is CCCOC(=O)c1cccc(Cn2cnc3sc(C(=O)OC(C)C)c(C)c3c2=O)c1. The molecule has 0 N–H and O–H groups in total. The van der Waals surface area contributed by atoms with Crippen LogP contribution in [0.25, 0.3) is 10.2 Å². The zero-order valence-corrected chi connectivity index (χ0v) is 18.2. The van der Waals surface area contributed by atoms with Crippen molar-refractivity contribution in [3.05, 3.63) is 62.5 Å². The van der Waals surface area contributed by atoms with E-state index in [0.29, 0.717) is 32.8 Å². The Morgan fingerprint density at radius 2 is 2.00 bits per heavy atom. The minimum absolute atomic E-state index is 0.240. The molecule has 0 bridgehead atoms. The van der Waals surface area contributed by atoms with Gasteiger partial charge >= 0.3 is 11.9 Å². The van der Waals surface area contributed by atoms with Gasteiger partial charge < -0.3 is 9.47 Å². The topological polar surface area (TPSA) is 87.5 Å². The predicted molar refractivity (Wildman–Crippen MR) is 115 cm³/mol. The lowest BCUT2D eigenvalue weighted by molar-refractivity contribution is 0.0382. The van der Waals surface area contributed by atoms with Crippen LogP contribution in [0.3, 0.4) is 0 Å². The molecule has 0 unspecified atom stereocenters. The van der Waals surface area contributed by atoms with Crippen LogP contribution >= 0.6 is 11.3 Å². The molecule has 30 heavy (non-hydrogen) atoms. The number of thiophene rings is 1. The first-order chi connectivity index (χ1) is 14.3. The van der Waals surface area contributed by atoms with Gasteiger partial charge in [0.1, 0.15) is 9.71 Å². The fourth-order valence-corrected chi connectivity index (χ4v) is 4.03. The van der Waals surface area contributed by atoms with Gasteiger partial charge in [-0.1, -0.05) is 19.1 Å². The number of aromatic nitrogens is 2. The Kier molecular flexibility index (Phi) is 6.66. The van der Waals surface area contributed by atoms with Gasteiger partial charge in [0.2, 0.25) is 0 Å². The highest BCUT2D eigenvalue weighted by molar-refractivity contribution is 7.20. The first-order valence-electron chi connectivity index (χ1n) is 9.77. The molecule has 7 nitrogen and oxygen atoms in total. The van der Waals surface area contributed by atoms with E-state index in [-0.39, 0.29) is 24.2 Å². The predicted octanol–water partition coefficient (Wildman–Crippen LogP) is 3.95. The van der Waals surface area contributed by atoms with E-state index in [1.807, 2.05) is 13.0 Å². The number of aryl methyl sites for hydroxylation is 1. The van der Waals surface area contributed by atoms with Gasteiger partial charge in [0.05, 0.1) is 36.5 Å². The van der Waals surface area contributed by atoms with Crippen molar-refractivity contribution in [3.63, 3.8) is 0 Å². The highest BCUT2D eigenvalue weighted by Crippen LogP contribution is 2.27. The van der Waals surface area contributed by atoms with E-state index < -0.39 is 5.97 Å². The first-order valence-corrected chi connectivity index (χ1v) is 10.6. The van der Waals surface area contributed by atoms with Crippen LogP contribution in [0.1, 0.15) is 58.3 Å². The Morgan fingerprint density at radius 3 is 2.70 bits per heavy atom. The summed E-state index contributed by atoms with van der Waals surface area (Å²) in [4.78, 5) is 42.7. The number of nitrogens with zero attached hydrogens (tertiary/aromatic N) is 2. The number of hydrogen-bond donors (Lipinski definition) is 0. The number of carbonyl (C=O) groups is 2. The molecule has 3 aromatic rings. The van der Waals surface area contributed by atoms with E-state index in [1.54, 1.807) is 39.0 Å². The molecule has 1 aromatic carbocycles. The first kappa shape index (κ1) is 21.7. The highest BCUT2D eigenvalue weighted by Gasteiger charge is 2.21. The van der Waals surface area contributed by atoms with Gasteiger partial charge in [-0.25, -0.2) is 14.6 Å². The summed E-state index contributed by atoms with van der Waals surface area (Å²) in [6.07, 6.45) is 1.96. The van der Waals surface area contributed by atoms with E-state index in [2.05, 4.69) is 4.98 Å². The molecule has 0 aliphatic heterocycles. The maximum atomic E-state index is 13.1. The molecule has 0 saturated heterocycles. The van der Waals surface area contributed by atoms with Gasteiger partial charge in [-0.15, -0.1) is 11.3 Å². The van der Waals surface area contributed by atoms with Crippen molar-refractivity contribution in [2.45, 2.75) is 46.8 Å². The molecular weight excluding hydrogens is 404 g/mol. The van der Waals surface area contributed by atoms with Crippen molar-refractivity contribution in [2.75, 3.05) is 6.61 Å². The Labute approximate surface area is 178 Å². The zero-order chi connectivity index (χ0) is 21.8. The van der Waals surface area contributed by atoms with Crippen molar-refractivity contribution in [1.29, 1.82) is 0 Å². The monoisotopic (exact) mass is 428 g/mol. The van der Waals surface area contributed by atoms with Crippen molar-refractivity contribution >= 4 is 33.5 Å². The van der Waals surface area contributed by atoms with E-state index in [4.69, 9.17) is 9.47 Å². The van der Waals surface area contributed by atoms with Crippen LogP contribution < -0.4 is 5.56 Å². The molecular formula is C22H24N2O5S. The number of carbonyl (C=O) groups excluding carboxylic acids is 2. The van der Waals surface area contributed by atoms with Gasteiger partial charge in [0.25, 0.3) is 5.56 Å². The second-order valence-electron chi connectivity index (χ2n) is 7.20. The third-order valence-corrected chi connectivity index (χ3v) is 5.58. The van der Waals surface area contributed by atoms with E-state index in [1.165, 1.54) is 10.9 Å². The summed E-state index contributed by atoms with van der Waals surface area (Å²) < 4.78 is 11.9. The van der Waals surface area contributed by atoms with Crippen LogP contribution in [-0.4, -0.2) is 34.2 Å². The quantitative estimate of drug-likeness (QED) is 0.530. The molecule has 0 aliphatic carbocycles. The summed E-state index contributed by atoms with van der Waals surface area (Å²) in [5.41, 5.74) is 1.55. The van der Waals surface area contributed by atoms with E-state index >= 15 is 0 Å². The molecule has 0 atom stereocenters. The van der Waals surface area contributed by atoms with Crippen molar-refractivity contribution in [3.8, 4) is 0 Å². The smallest absolute Gasteiger partial charge is 0.348 e. The normalized spacial score (nSPS) is 11.1. The second-order valence-corrected chi connectivity index (χ2v) is 8.20. The molecule has 0 amide bonds. The van der Waals surface area contributed by atoms with Crippen LogP contribution in [0, 0.1) is 6.92 Å². The average molecular weight is 429 g/mol. The van der Waals surface area contributed by atoms with Crippen molar-refractivity contribution < 1.29 is 19.1 Å². The largest absolute Gasteiger partial charge is 0.462 e. The summed E-state index contributed by atoms with van der Waals surface area (Å²) in [7, 11) is 0. The lowest BCUT2D eigenvalue weighted by atomic mass is 10.1. The number of rotatable bonds is 7. The van der Waals surface area contributed by atoms with Gasteiger partial charge in [-0.05, 0) is 50.5 Å². The van der Waals surface area contributed by atoms with Gasteiger partial charge in [0.15, 0.2) is 0 Å². The number of hydrogen-bond acceptors (Lipinski definition) is 7. The lowest BCUT2D eigenvalue weighted by Crippen LogP contribution is -2.21. The molecule has 0 saturated carbocycles. The standard InChI is InChI=1S/C22H24N2O5S/c1-5-9-28-21(26)16-8-6-7-15(10-16)11-24-12-23-19-17(20(24)25)14(4)18(30-19)22(27)29-13(2)3/h6-8,10,12-13H,5,9,11H2,1-4H3. The van der Waals surface area contributed by atoms with E-state index in [9.17, 15) is 14.4 Å². The number of ether oxygens (including phenoxy) is 2. The Morgan fingerprint density at radius 1 is 1.23 bits per heavy atom. The number of benzene rings is 1. The molecule has 2 heterocycles. The van der Waals surface area contributed by atoms with Crippen LogP contribution in [0.2, 0.25) is 0 Å². The minimum Gasteiger partial charge on any atom is -0.462 e. The molecule has 0 aliphatic rings. The van der Waals surface area contributed by atoms with Crippen molar-refractivity contribution in [1.82, 2.24) is 9.55 Å². The number of esters is 2. The molecule has 8 heteroatoms. The van der Waals surface area contributed by atoms with Crippen LogP contribution in [0.5, 0.6) is 0 Å². The molecule has 2 aromatic heterocycles. The summed E-state index contributed by atoms with van der Waals surface area (Å²) in [6, 6.07) is 6.98.